The Hall–Kier alpha value is -4.01. The van der Waals surface area contributed by atoms with Crippen LogP contribution in [0.25, 0.3) is 0 Å². The van der Waals surface area contributed by atoms with Gasteiger partial charge in [-0.2, -0.15) is 5.10 Å². The van der Waals surface area contributed by atoms with Gasteiger partial charge in [0.1, 0.15) is 5.69 Å². The average molecular weight is 450 g/mol. The predicted molar refractivity (Wildman–Crippen MR) is 122 cm³/mol. The number of anilines is 1. The van der Waals surface area contributed by atoms with Gasteiger partial charge in [-0.05, 0) is 12.0 Å². The number of nitrogens with one attached hydrogen (secondary N) is 1. The second-order valence-electron chi connectivity index (χ2n) is 7.57. The van der Waals surface area contributed by atoms with Crippen LogP contribution in [-0.2, 0) is 13.1 Å². The molecule has 1 aliphatic rings. The standard InChI is InChI=1S/C24H26N4O5/c1-31-20-12-17(13-21(32-2)22(20)33-3)25-23(29)18-14-19-24(30)27(10-7-11-28(19)26-18)15-16-8-5-4-6-9-16/h4-6,8-9,12-14H,7,10-11,15H2,1-3H3,(H,25,29). The molecule has 1 aliphatic heterocycles. The number of carbonyl (C=O) groups is 2. The molecule has 9 nitrogen and oxygen atoms in total. The van der Waals surface area contributed by atoms with Gasteiger partial charge in [0.25, 0.3) is 11.8 Å². The second kappa shape index (κ2) is 9.64. The molecule has 0 unspecified atom stereocenters. The maximum Gasteiger partial charge on any atom is 0.276 e. The lowest BCUT2D eigenvalue weighted by atomic mass is 10.2. The van der Waals surface area contributed by atoms with Crippen molar-refractivity contribution in [2.75, 3.05) is 33.2 Å². The van der Waals surface area contributed by atoms with Gasteiger partial charge in [0.2, 0.25) is 5.75 Å². The highest BCUT2D eigenvalue weighted by Gasteiger charge is 2.26. The van der Waals surface area contributed by atoms with Crippen LogP contribution in [-0.4, -0.2) is 54.4 Å². The number of amides is 2. The van der Waals surface area contributed by atoms with E-state index in [0.29, 0.717) is 48.3 Å². The third-order valence-corrected chi connectivity index (χ3v) is 5.46. The van der Waals surface area contributed by atoms with Gasteiger partial charge in [0.15, 0.2) is 17.2 Å². The number of benzene rings is 2. The number of ether oxygens (including phenoxy) is 3. The van der Waals surface area contributed by atoms with Crippen LogP contribution in [0.4, 0.5) is 5.69 Å². The maximum atomic E-state index is 13.2. The lowest BCUT2D eigenvalue weighted by Crippen LogP contribution is -2.30. The number of hydrogen-bond donors (Lipinski definition) is 1. The van der Waals surface area contributed by atoms with Gasteiger partial charge in [0, 0.05) is 43.5 Å². The number of carbonyl (C=O) groups excluding carboxylic acids is 2. The molecule has 9 heteroatoms. The second-order valence-corrected chi connectivity index (χ2v) is 7.57. The van der Waals surface area contributed by atoms with E-state index in [9.17, 15) is 9.59 Å². The van der Waals surface area contributed by atoms with Crippen LogP contribution in [0.3, 0.4) is 0 Å². The first-order valence-corrected chi connectivity index (χ1v) is 10.6. The van der Waals surface area contributed by atoms with E-state index >= 15 is 0 Å². The number of methoxy groups -OCH3 is 3. The first kappa shape index (κ1) is 22.2. The minimum atomic E-state index is -0.438. The molecular weight excluding hydrogens is 424 g/mol. The Morgan fingerprint density at radius 3 is 2.33 bits per heavy atom. The third kappa shape index (κ3) is 4.62. The minimum absolute atomic E-state index is 0.143. The predicted octanol–water partition coefficient (Wildman–Crippen LogP) is 3.21. The van der Waals surface area contributed by atoms with E-state index in [-0.39, 0.29) is 11.6 Å². The molecule has 0 saturated heterocycles. The van der Waals surface area contributed by atoms with Crippen LogP contribution in [0, 0.1) is 0 Å². The van der Waals surface area contributed by atoms with E-state index < -0.39 is 5.91 Å². The molecule has 2 aromatic carbocycles. The SMILES string of the molecule is COc1cc(NC(=O)c2cc3n(n2)CCCN(Cc2ccccc2)C3=O)cc(OC)c1OC. The third-order valence-electron chi connectivity index (χ3n) is 5.46. The molecule has 0 radical (unpaired) electrons. The Labute approximate surface area is 191 Å². The summed E-state index contributed by atoms with van der Waals surface area (Å²) < 4.78 is 17.6. The molecule has 1 aromatic heterocycles. The summed E-state index contributed by atoms with van der Waals surface area (Å²) in [6.07, 6.45) is 0.751. The number of fused-ring (bicyclic) bond motifs is 1. The number of nitrogens with zero attached hydrogens (tertiary/aromatic N) is 3. The van der Waals surface area contributed by atoms with E-state index in [0.717, 1.165) is 12.0 Å². The molecule has 0 fully saturated rings. The van der Waals surface area contributed by atoms with Crippen molar-refractivity contribution in [1.29, 1.82) is 0 Å². The summed E-state index contributed by atoms with van der Waals surface area (Å²) in [5.41, 5.74) is 2.07. The van der Waals surface area contributed by atoms with Gasteiger partial charge in [-0.1, -0.05) is 30.3 Å². The number of aromatic nitrogens is 2. The number of hydrogen-bond acceptors (Lipinski definition) is 6. The van der Waals surface area contributed by atoms with Gasteiger partial charge in [-0.15, -0.1) is 0 Å². The molecule has 0 spiro atoms. The molecular formula is C24H26N4O5. The molecule has 1 N–H and O–H groups in total. The van der Waals surface area contributed by atoms with Crippen LogP contribution in [0.5, 0.6) is 17.2 Å². The Morgan fingerprint density at radius 1 is 1.00 bits per heavy atom. The highest BCUT2D eigenvalue weighted by atomic mass is 16.5. The fourth-order valence-electron chi connectivity index (χ4n) is 3.85. The Morgan fingerprint density at radius 2 is 1.70 bits per heavy atom. The van der Waals surface area contributed by atoms with Gasteiger partial charge in [0.05, 0.1) is 21.3 Å². The van der Waals surface area contributed by atoms with Crippen LogP contribution in [0.2, 0.25) is 0 Å². The van der Waals surface area contributed by atoms with Crippen molar-refractivity contribution < 1.29 is 23.8 Å². The minimum Gasteiger partial charge on any atom is -0.493 e. The van der Waals surface area contributed by atoms with Crippen molar-refractivity contribution in [3.63, 3.8) is 0 Å². The quantitative estimate of drug-likeness (QED) is 0.594. The first-order valence-electron chi connectivity index (χ1n) is 10.6. The summed E-state index contributed by atoms with van der Waals surface area (Å²) in [6, 6.07) is 14.6. The lowest BCUT2D eigenvalue weighted by Gasteiger charge is -2.20. The largest absolute Gasteiger partial charge is 0.493 e. The zero-order chi connectivity index (χ0) is 23.4. The number of aryl methyl sites for hydroxylation is 1. The highest BCUT2D eigenvalue weighted by Crippen LogP contribution is 2.40. The topological polar surface area (TPSA) is 94.9 Å². The highest BCUT2D eigenvalue weighted by molar-refractivity contribution is 6.05. The number of rotatable bonds is 7. The maximum absolute atomic E-state index is 13.2. The average Bonchev–Trinajstić information content (AvgIpc) is 3.21. The molecule has 3 aromatic rings. The van der Waals surface area contributed by atoms with Crippen LogP contribution in [0.15, 0.2) is 48.5 Å². The Bertz CT molecular complexity index is 1130. The fourth-order valence-corrected chi connectivity index (χ4v) is 3.85. The Kier molecular flexibility index (Phi) is 6.48. The van der Waals surface area contributed by atoms with Gasteiger partial charge in [-0.25, -0.2) is 0 Å². The molecule has 2 heterocycles. The van der Waals surface area contributed by atoms with Crippen molar-refractivity contribution in [3.8, 4) is 17.2 Å². The summed E-state index contributed by atoms with van der Waals surface area (Å²) in [5.74, 6) is 0.678. The van der Waals surface area contributed by atoms with Crippen LogP contribution < -0.4 is 19.5 Å². The molecule has 2 amide bonds. The molecule has 0 aliphatic carbocycles. The van der Waals surface area contributed by atoms with Gasteiger partial charge < -0.3 is 24.4 Å². The summed E-state index contributed by atoms with van der Waals surface area (Å²) in [7, 11) is 4.51. The van der Waals surface area contributed by atoms with Crippen molar-refractivity contribution in [1.82, 2.24) is 14.7 Å². The van der Waals surface area contributed by atoms with Gasteiger partial charge in [-0.3, -0.25) is 14.3 Å². The smallest absolute Gasteiger partial charge is 0.276 e. The van der Waals surface area contributed by atoms with Crippen LogP contribution in [0.1, 0.15) is 33.0 Å². The van der Waals surface area contributed by atoms with Crippen LogP contribution >= 0.6 is 0 Å². The Balaban J connectivity index is 1.55. The summed E-state index contributed by atoms with van der Waals surface area (Å²) >= 11 is 0. The molecule has 0 saturated carbocycles. The monoisotopic (exact) mass is 450 g/mol. The van der Waals surface area contributed by atoms with Crippen molar-refractivity contribution in [3.05, 3.63) is 65.5 Å². The molecule has 0 atom stereocenters. The zero-order valence-corrected chi connectivity index (χ0v) is 18.8. The van der Waals surface area contributed by atoms with E-state index in [1.165, 1.54) is 21.3 Å². The van der Waals surface area contributed by atoms with Crippen molar-refractivity contribution in [2.24, 2.45) is 0 Å². The van der Waals surface area contributed by atoms with E-state index in [2.05, 4.69) is 10.4 Å². The van der Waals surface area contributed by atoms with E-state index in [1.54, 1.807) is 27.8 Å². The van der Waals surface area contributed by atoms with Crippen molar-refractivity contribution in [2.45, 2.75) is 19.5 Å². The molecule has 0 bridgehead atoms. The summed E-state index contributed by atoms with van der Waals surface area (Å²) in [5, 5.41) is 7.18. The van der Waals surface area contributed by atoms with Crippen molar-refractivity contribution >= 4 is 17.5 Å². The van der Waals surface area contributed by atoms with Gasteiger partial charge >= 0.3 is 0 Å². The summed E-state index contributed by atoms with van der Waals surface area (Å²) in [6.45, 7) is 1.70. The molecule has 172 valence electrons. The van der Waals surface area contributed by atoms with E-state index in [4.69, 9.17) is 14.2 Å². The fraction of sp³-hybridized carbons (Fsp3) is 0.292. The zero-order valence-electron chi connectivity index (χ0n) is 18.8. The molecule has 33 heavy (non-hydrogen) atoms. The first-order chi connectivity index (χ1) is 16.0. The lowest BCUT2D eigenvalue weighted by molar-refractivity contribution is 0.0745. The summed E-state index contributed by atoms with van der Waals surface area (Å²) in [4.78, 5) is 27.9. The normalized spacial score (nSPS) is 13.2. The van der Waals surface area contributed by atoms with E-state index in [1.807, 2.05) is 30.3 Å². The molecule has 4 rings (SSSR count).